The molecule has 2 aliphatic rings. The molecule has 1 fully saturated rings. The van der Waals surface area contributed by atoms with E-state index in [1.54, 1.807) is 13.2 Å². The average Bonchev–Trinajstić information content (AvgIpc) is 3.19. The summed E-state index contributed by atoms with van der Waals surface area (Å²) in [7, 11) is 3.14. The maximum absolute atomic E-state index is 13.0. The van der Waals surface area contributed by atoms with Crippen LogP contribution in [0.25, 0.3) is 0 Å². The summed E-state index contributed by atoms with van der Waals surface area (Å²) >= 11 is 0. The molecule has 27 heavy (non-hydrogen) atoms. The summed E-state index contributed by atoms with van der Waals surface area (Å²) in [6.45, 7) is 3.43. The molecule has 0 radical (unpaired) electrons. The number of carbonyl (C=O) groups excluding carboxylic acids is 1. The second kappa shape index (κ2) is 7.19. The molecule has 0 aliphatic carbocycles. The zero-order valence-electron chi connectivity index (χ0n) is 15.9. The van der Waals surface area contributed by atoms with E-state index in [1.165, 1.54) is 28.9 Å². The molecule has 1 saturated heterocycles. The number of ether oxygens (including phenoxy) is 1. The van der Waals surface area contributed by atoms with Crippen molar-refractivity contribution in [1.82, 2.24) is 14.4 Å². The van der Waals surface area contributed by atoms with Gasteiger partial charge in [0, 0.05) is 51.5 Å². The summed E-state index contributed by atoms with van der Waals surface area (Å²) in [6, 6.07) is 10.4. The Hall–Kier alpha value is -2.60. The average molecular weight is 367 g/mol. The number of likely N-dealkylation sites (tertiary alicyclic amines) is 1. The van der Waals surface area contributed by atoms with E-state index < -0.39 is 0 Å². The van der Waals surface area contributed by atoms with E-state index in [4.69, 9.17) is 4.74 Å². The van der Waals surface area contributed by atoms with Crippen LogP contribution in [-0.4, -0.2) is 53.1 Å². The van der Waals surface area contributed by atoms with E-state index >= 15 is 0 Å². The van der Waals surface area contributed by atoms with Crippen LogP contribution in [0.5, 0.6) is 5.75 Å². The standard InChI is InChI=1S/C21H25N3O3/c1-22-14-18(19(27-2)11-20(22)25)21(26)24-10-8-17(13-24)23-9-7-15-5-3-4-6-16(15)12-23/h3-6,11,14,17H,7-10,12-13H2,1-2H3. The zero-order chi connectivity index (χ0) is 19.0. The highest BCUT2D eigenvalue weighted by molar-refractivity contribution is 5.96. The highest BCUT2D eigenvalue weighted by Gasteiger charge is 2.33. The molecule has 6 heteroatoms. The van der Waals surface area contributed by atoms with Gasteiger partial charge in [-0.2, -0.15) is 0 Å². The Kier molecular flexibility index (Phi) is 4.74. The number of aryl methyl sites for hydroxylation is 1. The SMILES string of the molecule is COc1cc(=O)n(C)cc1C(=O)N1CCC(N2CCc3ccccc3C2)C1. The molecule has 1 unspecified atom stereocenters. The molecule has 6 nitrogen and oxygen atoms in total. The van der Waals surface area contributed by atoms with Gasteiger partial charge in [-0.05, 0) is 24.0 Å². The Balaban J connectivity index is 1.48. The van der Waals surface area contributed by atoms with Gasteiger partial charge >= 0.3 is 0 Å². The maximum Gasteiger partial charge on any atom is 0.259 e. The molecule has 142 valence electrons. The van der Waals surface area contributed by atoms with Gasteiger partial charge in [-0.1, -0.05) is 24.3 Å². The van der Waals surface area contributed by atoms with Crippen molar-refractivity contribution in [2.75, 3.05) is 26.7 Å². The first-order valence-corrected chi connectivity index (χ1v) is 9.41. The van der Waals surface area contributed by atoms with Crippen molar-refractivity contribution in [1.29, 1.82) is 0 Å². The zero-order valence-corrected chi connectivity index (χ0v) is 15.9. The molecule has 3 heterocycles. The second-order valence-electron chi connectivity index (χ2n) is 7.39. The minimum absolute atomic E-state index is 0.0673. The Morgan fingerprint density at radius 1 is 1.19 bits per heavy atom. The largest absolute Gasteiger partial charge is 0.496 e. The van der Waals surface area contributed by atoms with Gasteiger partial charge in [0.15, 0.2) is 0 Å². The lowest BCUT2D eigenvalue weighted by Gasteiger charge is -2.33. The second-order valence-corrected chi connectivity index (χ2v) is 7.39. The molecule has 1 atom stereocenters. The van der Waals surface area contributed by atoms with Gasteiger partial charge in [0.2, 0.25) is 0 Å². The lowest BCUT2D eigenvalue weighted by molar-refractivity contribution is 0.0769. The fourth-order valence-corrected chi connectivity index (χ4v) is 4.17. The van der Waals surface area contributed by atoms with Crippen molar-refractivity contribution in [3.8, 4) is 5.75 Å². The van der Waals surface area contributed by atoms with Crippen LogP contribution in [0.4, 0.5) is 0 Å². The van der Waals surface area contributed by atoms with Gasteiger partial charge in [0.05, 0.1) is 12.7 Å². The minimum Gasteiger partial charge on any atom is -0.496 e. The summed E-state index contributed by atoms with van der Waals surface area (Å²) in [4.78, 5) is 29.2. The van der Waals surface area contributed by atoms with Crippen LogP contribution < -0.4 is 10.3 Å². The van der Waals surface area contributed by atoms with Crippen molar-refractivity contribution >= 4 is 5.91 Å². The van der Waals surface area contributed by atoms with Gasteiger partial charge in [-0.25, -0.2) is 0 Å². The van der Waals surface area contributed by atoms with E-state index in [9.17, 15) is 9.59 Å². The quantitative estimate of drug-likeness (QED) is 0.828. The van der Waals surface area contributed by atoms with E-state index in [2.05, 4.69) is 29.2 Å². The summed E-state index contributed by atoms with van der Waals surface area (Å²) in [5, 5.41) is 0. The van der Waals surface area contributed by atoms with Crippen LogP contribution in [0.3, 0.4) is 0 Å². The molecule has 0 N–H and O–H groups in total. The number of carbonyl (C=O) groups is 1. The number of pyridine rings is 1. The van der Waals surface area contributed by atoms with Crippen molar-refractivity contribution in [2.24, 2.45) is 7.05 Å². The number of nitrogens with zero attached hydrogens (tertiary/aromatic N) is 3. The van der Waals surface area contributed by atoms with Gasteiger partial charge in [0.25, 0.3) is 11.5 Å². The molecule has 0 saturated carbocycles. The normalized spacial score (nSPS) is 19.8. The van der Waals surface area contributed by atoms with Crippen molar-refractivity contribution < 1.29 is 9.53 Å². The van der Waals surface area contributed by atoms with Crippen LogP contribution in [0.2, 0.25) is 0 Å². The number of hydrogen-bond donors (Lipinski definition) is 0. The van der Waals surface area contributed by atoms with Crippen LogP contribution >= 0.6 is 0 Å². The van der Waals surface area contributed by atoms with Crippen molar-refractivity contribution in [3.05, 3.63) is 63.6 Å². The van der Waals surface area contributed by atoms with Crippen LogP contribution in [0.15, 0.2) is 41.3 Å². The van der Waals surface area contributed by atoms with Gasteiger partial charge < -0.3 is 14.2 Å². The van der Waals surface area contributed by atoms with Crippen LogP contribution in [0.1, 0.15) is 27.9 Å². The Morgan fingerprint density at radius 3 is 2.74 bits per heavy atom. The van der Waals surface area contributed by atoms with Crippen LogP contribution in [0, 0.1) is 0 Å². The highest BCUT2D eigenvalue weighted by atomic mass is 16.5. The molecule has 2 aliphatic heterocycles. The number of methoxy groups -OCH3 is 1. The molecule has 4 rings (SSSR count). The van der Waals surface area contributed by atoms with E-state index in [-0.39, 0.29) is 11.5 Å². The Bertz CT molecular complexity index is 921. The molecular formula is C21H25N3O3. The van der Waals surface area contributed by atoms with E-state index in [0.29, 0.717) is 23.9 Å². The number of benzene rings is 1. The summed E-state index contributed by atoms with van der Waals surface area (Å²) in [5.41, 5.74) is 3.10. The molecular weight excluding hydrogens is 342 g/mol. The first-order valence-electron chi connectivity index (χ1n) is 9.41. The molecule has 1 aromatic carbocycles. The minimum atomic E-state index is -0.185. The smallest absolute Gasteiger partial charge is 0.259 e. The third-order valence-electron chi connectivity index (χ3n) is 5.77. The van der Waals surface area contributed by atoms with Gasteiger partial charge in [0.1, 0.15) is 5.75 Å². The monoisotopic (exact) mass is 367 g/mol. The summed E-state index contributed by atoms with van der Waals surface area (Å²) in [6.07, 6.45) is 3.62. The lowest BCUT2D eigenvalue weighted by atomic mass is 9.98. The Morgan fingerprint density at radius 2 is 1.96 bits per heavy atom. The molecule has 1 amide bonds. The highest BCUT2D eigenvalue weighted by Crippen LogP contribution is 2.26. The number of aromatic nitrogens is 1. The van der Waals surface area contributed by atoms with Gasteiger partial charge in [-0.3, -0.25) is 14.5 Å². The van der Waals surface area contributed by atoms with Gasteiger partial charge in [-0.15, -0.1) is 0 Å². The first-order chi connectivity index (χ1) is 13.1. The number of amides is 1. The number of rotatable bonds is 3. The molecule has 2 aromatic rings. The van der Waals surface area contributed by atoms with Crippen LogP contribution in [-0.2, 0) is 20.0 Å². The predicted octanol–water partition coefficient (Wildman–Crippen LogP) is 1.67. The number of fused-ring (bicyclic) bond motifs is 1. The maximum atomic E-state index is 13.0. The predicted molar refractivity (Wildman–Crippen MR) is 103 cm³/mol. The lowest BCUT2D eigenvalue weighted by Crippen LogP contribution is -2.41. The summed E-state index contributed by atoms with van der Waals surface area (Å²) in [5.74, 6) is 0.279. The number of hydrogen-bond acceptors (Lipinski definition) is 4. The summed E-state index contributed by atoms with van der Waals surface area (Å²) < 4.78 is 6.69. The third kappa shape index (κ3) is 3.37. The van der Waals surface area contributed by atoms with Crippen molar-refractivity contribution in [2.45, 2.75) is 25.4 Å². The van der Waals surface area contributed by atoms with Crippen molar-refractivity contribution in [3.63, 3.8) is 0 Å². The molecule has 0 spiro atoms. The Labute approximate surface area is 159 Å². The first kappa shape index (κ1) is 17.8. The third-order valence-corrected chi connectivity index (χ3v) is 5.77. The van der Waals surface area contributed by atoms with E-state index in [0.717, 1.165) is 32.5 Å². The fourth-order valence-electron chi connectivity index (χ4n) is 4.17. The fraction of sp³-hybridized carbons (Fsp3) is 0.429. The van der Waals surface area contributed by atoms with E-state index in [1.807, 2.05) is 4.90 Å². The molecule has 1 aromatic heterocycles. The molecule has 0 bridgehead atoms. The topological polar surface area (TPSA) is 54.8 Å².